The second kappa shape index (κ2) is 6.84. The van der Waals surface area contributed by atoms with E-state index >= 15 is 0 Å². The number of amides is 1. The van der Waals surface area contributed by atoms with Crippen molar-refractivity contribution in [2.45, 2.75) is 38.1 Å². The van der Waals surface area contributed by atoms with Crippen molar-refractivity contribution < 1.29 is 9.18 Å². The predicted molar refractivity (Wildman–Crippen MR) is 92.6 cm³/mol. The monoisotopic (exact) mass is 348 g/mol. The van der Waals surface area contributed by atoms with E-state index in [2.05, 4.69) is 22.4 Å². The molecule has 2 heterocycles. The van der Waals surface area contributed by atoms with Crippen molar-refractivity contribution in [2.24, 2.45) is 0 Å². The van der Waals surface area contributed by atoms with Crippen LogP contribution in [0.4, 0.5) is 9.52 Å². The molecule has 1 aliphatic rings. The van der Waals surface area contributed by atoms with E-state index in [1.54, 1.807) is 19.2 Å². The molecule has 1 saturated heterocycles. The Morgan fingerprint density at radius 1 is 1.46 bits per heavy atom. The van der Waals surface area contributed by atoms with Crippen LogP contribution in [0.3, 0.4) is 0 Å². The maximum absolute atomic E-state index is 13.4. The summed E-state index contributed by atoms with van der Waals surface area (Å²) in [5.41, 5.74) is 0.645. The van der Waals surface area contributed by atoms with Crippen LogP contribution in [0.15, 0.2) is 24.3 Å². The maximum atomic E-state index is 13.4. The highest BCUT2D eigenvalue weighted by Gasteiger charge is 2.39. The van der Waals surface area contributed by atoms with Gasteiger partial charge in [-0.1, -0.05) is 23.5 Å². The Morgan fingerprint density at radius 3 is 3.00 bits per heavy atom. The van der Waals surface area contributed by atoms with Gasteiger partial charge in [0.25, 0.3) is 0 Å². The average Bonchev–Trinajstić information content (AvgIpc) is 3.13. The molecule has 24 heavy (non-hydrogen) atoms. The zero-order chi connectivity index (χ0) is 17.2. The smallest absolute Gasteiger partial charge is 0.229 e. The van der Waals surface area contributed by atoms with Crippen LogP contribution in [0.1, 0.15) is 30.3 Å². The van der Waals surface area contributed by atoms with E-state index in [4.69, 9.17) is 0 Å². The molecule has 5 nitrogen and oxygen atoms in total. The molecule has 1 amide bonds. The van der Waals surface area contributed by atoms with Crippen LogP contribution in [0.25, 0.3) is 0 Å². The van der Waals surface area contributed by atoms with Crippen molar-refractivity contribution in [3.8, 4) is 0 Å². The third-order valence-electron chi connectivity index (χ3n) is 4.51. The van der Waals surface area contributed by atoms with Crippen LogP contribution in [-0.4, -0.2) is 40.1 Å². The summed E-state index contributed by atoms with van der Waals surface area (Å²) in [6, 6.07) is 6.63. The van der Waals surface area contributed by atoms with Crippen molar-refractivity contribution in [3.05, 3.63) is 40.7 Å². The van der Waals surface area contributed by atoms with E-state index in [1.807, 2.05) is 11.0 Å². The largest absolute Gasteiger partial charge is 0.363 e. The Kier molecular flexibility index (Phi) is 4.80. The highest BCUT2D eigenvalue weighted by molar-refractivity contribution is 7.15. The number of carbonyl (C=O) groups is 1. The molecule has 128 valence electrons. The highest BCUT2D eigenvalue weighted by Crippen LogP contribution is 2.33. The minimum Gasteiger partial charge on any atom is -0.363 e. The number of benzene rings is 1. The first-order valence-electron chi connectivity index (χ1n) is 8.05. The number of likely N-dealkylation sites (tertiary alicyclic amines) is 1. The standard InChI is InChI=1S/C17H21FN4OS/c1-17(11-12-5-3-6-13(18)9-12)7-4-8-22(17)15(23)10-14-20-21-16(19-2)24-14/h3,5-6,9H,4,7-8,10-11H2,1-2H3,(H,19,21). The van der Waals surface area contributed by atoms with Crippen molar-refractivity contribution in [3.63, 3.8) is 0 Å². The van der Waals surface area contributed by atoms with E-state index in [0.717, 1.165) is 24.9 Å². The van der Waals surface area contributed by atoms with Gasteiger partial charge in [0.15, 0.2) is 0 Å². The zero-order valence-electron chi connectivity index (χ0n) is 13.9. The van der Waals surface area contributed by atoms with Gasteiger partial charge in [-0.25, -0.2) is 4.39 Å². The second-order valence-electron chi connectivity index (χ2n) is 6.38. The Bertz CT molecular complexity index is 735. The van der Waals surface area contributed by atoms with Gasteiger partial charge in [-0.3, -0.25) is 4.79 Å². The lowest BCUT2D eigenvalue weighted by molar-refractivity contribution is -0.134. The number of hydrogen-bond donors (Lipinski definition) is 1. The van der Waals surface area contributed by atoms with Gasteiger partial charge in [-0.05, 0) is 43.9 Å². The molecule has 1 N–H and O–H groups in total. The molecule has 0 saturated carbocycles. The van der Waals surface area contributed by atoms with Crippen LogP contribution in [-0.2, 0) is 17.6 Å². The van der Waals surface area contributed by atoms with Crippen LogP contribution >= 0.6 is 11.3 Å². The number of anilines is 1. The minimum absolute atomic E-state index is 0.0604. The molecular formula is C17H21FN4OS. The zero-order valence-corrected chi connectivity index (χ0v) is 14.7. The number of nitrogens with one attached hydrogen (secondary N) is 1. The summed E-state index contributed by atoms with van der Waals surface area (Å²) in [6.07, 6.45) is 2.81. The van der Waals surface area contributed by atoms with E-state index in [9.17, 15) is 9.18 Å². The molecule has 1 atom stereocenters. The van der Waals surface area contributed by atoms with Crippen molar-refractivity contribution in [1.82, 2.24) is 15.1 Å². The molecule has 7 heteroatoms. The van der Waals surface area contributed by atoms with Gasteiger partial charge in [0, 0.05) is 19.1 Å². The predicted octanol–water partition coefficient (Wildman–Crippen LogP) is 2.89. The van der Waals surface area contributed by atoms with Crippen molar-refractivity contribution in [2.75, 3.05) is 18.9 Å². The lowest BCUT2D eigenvalue weighted by Crippen LogP contribution is -2.47. The highest BCUT2D eigenvalue weighted by atomic mass is 32.1. The van der Waals surface area contributed by atoms with E-state index in [0.29, 0.717) is 16.6 Å². The number of nitrogens with zero attached hydrogens (tertiary/aromatic N) is 3. The van der Waals surface area contributed by atoms with Gasteiger partial charge in [0.05, 0.1) is 6.42 Å². The number of aromatic nitrogens is 2. The van der Waals surface area contributed by atoms with Crippen molar-refractivity contribution >= 4 is 22.4 Å². The van der Waals surface area contributed by atoms with Crippen LogP contribution in [0, 0.1) is 5.82 Å². The van der Waals surface area contributed by atoms with Gasteiger partial charge in [-0.15, -0.1) is 10.2 Å². The topological polar surface area (TPSA) is 58.1 Å². The molecule has 0 spiro atoms. The van der Waals surface area contributed by atoms with Crippen LogP contribution in [0.2, 0.25) is 0 Å². The molecule has 0 bridgehead atoms. The Labute approximate surface area is 144 Å². The molecule has 3 rings (SSSR count). The number of rotatable bonds is 5. The summed E-state index contributed by atoms with van der Waals surface area (Å²) in [5, 5.41) is 12.4. The lowest BCUT2D eigenvalue weighted by Gasteiger charge is -2.35. The van der Waals surface area contributed by atoms with Gasteiger partial charge in [0.1, 0.15) is 10.8 Å². The molecule has 1 fully saturated rings. The fourth-order valence-corrected chi connectivity index (χ4v) is 4.05. The first-order chi connectivity index (χ1) is 11.5. The second-order valence-corrected chi connectivity index (χ2v) is 7.44. The van der Waals surface area contributed by atoms with E-state index in [-0.39, 0.29) is 23.7 Å². The van der Waals surface area contributed by atoms with Gasteiger partial charge >= 0.3 is 0 Å². The maximum Gasteiger partial charge on any atom is 0.229 e. The average molecular weight is 348 g/mol. The summed E-state index contributed by atoms with van der Waals surface area (Å²) in [5.74, 6) is -0.175. The molecular weight excluding hydrogens is 327 g/mol. The van der Waals surface area contributed by atoms with Crippen LogP contribution in [0.5, 0.6) is 0 Å². The lowest BCUT2D eigenvalue weighted by atomic mass is 9.90. The molecule has 1 aromatic carbocycles. The Hall–Kier alpha value is -2.02. The minimum atomic E-state index is -0.276. The summed E-state index contributed by atoms with van der Waals surface area (Å²) >= 11 is 1.40. The Balaban J connectivity index is 1.72. The van der Waals surface area contributed by atoms with E-state index < -0.39 is 0 Å². The number of carbonyl (C=O) groups excluding carboxylic acids is 1. The van der Waals surface area contributed by atoms with E-state index in [1.165, 1.54) is 17.4 Å². The molecule has 0 aliphatic carbocycles. The normalized spacial score (nSPS) is 20.4. The molecule has 1 aromatic heterocycles. The summed E-state index contributed by atoms with van der Waals surface area (Å²) < 4.78 is 13.4. The molecule has 0 radical (unpaired) electrons. The first-order valence-corrected chi connectivity index (χ1v) is 8.87. The van der Waals surface area contributed by atoms with Crippen LogP contribution < -0.4 is 5.32 Å². The van der Waals surface area contributed by atoms with Gasteiger partial charge < -0.3 is 10.2 Å². The first kappa shape index (κ1) is 16.8. The SMILES string of the molecule is CNc1nnc(CC(=O)N2CCCC2(C)Cc2cccc(F)c2)s1. The summed E-state index contributed by atoms with van der Waals surface area (Å²) in [6.45, 7) is 2.82. The number of halogens is 1. The fourth-order valence-electron chi connectivity index (χ4n) is 3.37. The third kappa shape index (κ3) is 3.56. The van der Waals surface area contributed by atoms with Gasteiger partial charge in [0.2, 0.25) is 11.0 Å². The molecule has 1 unspecified atom stereocenters. The summed E-state index contributed by atoms with van der Waals surface area (Å²) in [7, 11) is 1.78. The molecule has 2 aromatic rings. The fraction of sp³-hybridized carbons (Fsp3) is 0.471. The van der Waals surface area contributed by atoms with Gasteiger partial charge in [-0.2, -0.15) is 0 Å². The third-order valence-corrected chi connectivity index (χ3v) is 5.45. The van der Waals surface area contributed by atoms with Crippen molar-refractivity contribution in [1.29, 1.82) is 0 Å². The Morgan fingerprint density at radius 2 is 2.29 bits per heavy atom. The number of hydrogen-bond acceptors (Lipinski definition) is 5. The summed E-state index contributed by atoms with van der Waals surface area (Å²) in [4.78, 5) is 14.7. The molecule has 1 aliphatic heterocycles. The quantitative estimate of drug-likeness (QED) is 0.903.